The van der Waals surface area contributed by atoms with E-state index in [1.165, 1.54) is 5.56 Å². The molecule has 0 radical (unpaired) electrons. The normalized spacial score (nSPS) is 11.2. The van der Waals surface area contributed by atoms with Gasteiger partial charge in [-0.3, -0.25) is 9.88 Å². The zero-order valence-corrected chi connectivity index (χ0v) is 13.2. The molecular formula is C17H25N3O. The fourth-order valence-corrected chi connectivity index (χ4v) is 2.31. The summed E-state index contributed by atoms with van der Waals surface area (Å²) in [7, 11) is 2.08. The van der Waals surface area contributed by atoms with Crippen LogP contribution in [0.5, 0.6) is 0 Å². The third-order valence-electron chi connectivity index (χ3n) is 3.37. The summed E-state index contributed by atoms with van der Waals surface area (Å²) < 4.78 is 5.94. The number of rotatable bonds is 8. The number of hydrogen-bond acceptors (Lipinski definition) is 4. The van der Waals surface area contributed by atoms with Gasteiger partial charge in [0.15, 0.2) is 0 Å². The third-order valence-corrected chi connectivity index (χ3v) is 3.37. The zero-order chi connectivity index (χ0) is 15.1. The predicted octanol–water partition coefficient (Wildman–Crippen LogP) is 3.11. The van der Waals surface area contributed by atoms with Crippen LogP contribution in [0.25, 0.3) is 0 Å². The van der Waals surface area contributed by atoms with Gasteiger partial charge < -0.3 is 9.73 Å². The van der Waals surface area contributed by atoms with Gasteiger partial charge >= 0.3 is 0 Å². The van der Waals surface area contributed by atoms with E-state index in [0.717, 1.165) is 49.8 Å². The topological polar surface area (TPSA) is 41.3 Å². The number of aromatic nitrogens is 1. The van der Waals surface area contributed by atoms with Crippen molar-refractivity contribution in [3.8, 4) is 0 Å². The van der Waals surface area contributed by atoms with Gasteiger partial charge in [0.05, 0.1) is 18.8 Å². The van der Waals surface area contributed by atoms with Crippen LogP contribution in [0.15, 0.2) is 34.9 Å². The molecule has 0 aliphatic carbocycles. The molecule has 1 N–H and O–H groups in total. The van der Waals surface area contributed by atoms with Crippen molar-refractivity contribution < 1.29 is 4.42 Å². The molecule has 0 fully saturated rings. The fraction of sp³-hybridized carbons (Fsp3) is 0.471. The maximum Gasteiger partial charge on any atom is 0.120 e. The molecule has 2 aromatic rings. The van der Waals surface area contributed by atoms with Crippen LogP contribution in [0.4, 0.5) is 0 Å². The highest BCUT2D eigenvalue weighted by atomic mass is 16.3. The third kappa shape index (κ3) is 4.99. The van der Waals surface area contributed by atoms with Gasteiger partial charge in [0, 0.05) is 12.7 Å². The van der Waals surface area contributed by atoms with Crippen LogP contribution in [0.1, 0.15) is 36.1 Å². The van der Waals surface area contributed by atoms with Gasteiger partial charge in [-0.2, -0.15) is 0 Å². The molecule has 4 nitrogen and oxygen atoms in total. The van der Waals surface area contributed by atoms with Gasteiger partial charge in [-0.15, -0.1) is 0 Å². The van der Waals surface area contributed by atoms with Crippen molar-refractivity contribution in [1.29, 1.82) is 0 Å². The van der Waals surface area contributed by atoms with E-state index >= 15 is 0 Å². The first-order valence-electron chi connectivity index (χ1n) is 7.56. The Hall–Kier alpha value is -1.65. The van der Waals surface area contributed by atoms with Crippen LogP contribution in [-0.2, 0) is 19.6 Å². The van der Waals surface area contributed by atoms with Crippen molar-refractivity contribution in [2.75, 3.05) is 13.6 Å². The molecule has 0 aliphatic heterocycles. The lowest BCUT2D eigenvalue weighted by molar-refractivity contribution is 0.279. The molecule has 0 spiro atoms. The van der Waals surface area contributed by atoms with E-state index in [9.17, 15) is 0 Å². The largest absolute Gasteiger partial charge is 0.463 e. The Morgan fingerprint density at radius 2 is 2.14 bits per heavy atom. The van der Waals surface area contributed by atoms with E-state index in [-0.39, 0.29) is 0 Å². The SMILES string of the molecule is CCCNCc1oc(CN(C)Cc2ccccn2)cc1C. The molecule has 0 aromatic carbocycles. The van der Waals surface area contributed by atoms with Crippen LogP contribution >= 0.6 is 0 Å². The molecule has 4 heteroatoms. The Kier molecular flexibility index (Phi) is 5.96. The van der Waals surface area contributed by atoms with Gasteiger partial charge in [0.2, 0.25) is 0 Å². The van der Waals surface area contributed by atoms with Crippen molar-refractivity contribution in [2.24, 2.45) is 0 Å². The van der Waals surface area contributed by atoms with Crippen molar-refractivity contribution in [2.45, 2.75) is 39.9 Å². The monoisotopic (exact) mass is 287 g/mol. The smallest absolute Gasteiger partial charge is 0.120 e. The molecule has 0 aliphatic rings. The Bertz CT molecular complexity index is 536. The molecular weight excluding hydrogens is 262 g/mol. The van der Waals surface area contributed by atoms with E-state index in [1.807, 2.05) is 24.4 Å². The Morgan fingerprint density at radius 3 is 2.86 bits per heavy atom. The van der Waals surface area contributed by atoms with Crippen molar-refractivity contribution in [3.05, 3.63) is 53.2 Å². The van der Waals surface area contributed by atoms with Crippen LogP contribution in [-0.4, -0.2) is 23.5 Å². The first-order valence-corrected chi connectivity index (χ1v) is 7.56. The lowest BCUT2D eigenvalue weighted by Gasteiger charge is -2.14. The molecule has 0 atom stereocenters. The van der Waals surface area contributed by atoms with E-state index in [2.05, 4.69) is 42.2 Å². The number of nitrogens with zero attached hydrogens (tertiary/aromatic N) is 2. The zero-order valence-electron chi connectivity index (χ0n) is 13.2. The number of hydrogen-bond donors (Lipinski definition) is 1. The predicted molar refractivity (Wildman–Crippen MR) is 84.9 cm³/mol. The molecule has 0 bridgehead atoms. The number of furan rings is 1. The molecule has 0 saturated heterocycles. The van der Waals surface area contributed by atoms with Gasteiger partial charge in [0.25, 0.3) is 0 Å². The second kappa shape index (κ2) is 7.96. The maximum absolute atomic E-state index is 5.94. The van der Waals surface area contributed by atoms with Crippen LogP contribution < -0.4 is 5.32 Å². The highest BCUT2D eigenvalue weighted by molar-refractivity contribution is 5.20. The molecule has 2 aromatic heterocycles. The van der Waals surface area contributed by atoms with Crippen molar-refractivity contribution in [1.82, 2.24) is 15.2 Å². The summed E-state index contributed by atoms with van der Waals surface area (Å²) in [6.45, 7) is 7.72. The highest BCUT2D eigenvalue weighted by Gasteiger charge is 2.10. The Balaban J connectivity index is 1.89. The van der Waals surface area contributed by atoms with Crippen LogP contribution in [0.2, 0.25) is 0 Å². The average molecular weight is 287 g/mol. The molecule has 0 saturated carbocycles. The molecule has 0 amide bonds. The van der Waals surface area contributed by atoms with E-state index in [1.54, 1.807) is 0 Å². The first-order chi connectivity index (χ1) is 10.2. The van der Waals surface area contributed by atoms with Gasteiger partial charge in [0.1, 0.15) is 11.5 Å². The van der Waals surface area contributed by atoms with Crippen molar-refractivity contribution in [3.63, 3.8) is 0 Å². The van der Waals surface area contributed by atoms with Gasteiger partial charge in [-0.05, 0) is 50.7 Å². The first kappa shape index (κ1) is 15.7. The summed E-state index contributed by atoms with van der Waals surface area (Å²) in [6, 6.07) is 8.14. The van der Waals surface area contributed by atoms with E-state index in [0.29, 0.717) is 0 Å². The van der Waals surface area contributed by atoms with E-state index in [4.69, 9.17) is 4.42 Å². The minimum atomic E-state index is 0.797. The number of pyridine rings is 1. The molecule has 2 rings (SSSR count). The highest BCUT2D eigenvalue weighted by Crippen LogP contribution is 2.16. The summed E-state index contributed by atoms with van der Waals surface area (Å²) in [5, 5.41) is 3.38. The minimum Gasteiger partial charge on any atom is -0.463 e. The maximum atomic E-state index is 5.94. The summed E-state index contributed by atoms with van der Waals surface area (Å²) in [5.74, 6) is 2.06. The second-order valence-corrected chi connectivity index (χ2v) is 5.49. The Morgan fingerprint density at radius 1 is 1.29 bits per heavy atom. The standard InChI is InChI=1S/C17H25N3O/c1-4-8-18-11-17-14(2)10-16(21-17)13-20(3)12-15-7-5-6-9-19-15/h5-7,9-10,18H,4,8,11-13H2,1-3H3. The van der Waals surface area contributed by atoms with Gasteiger partial charge in [-0.1, -0.05) is 13.0 Å². The van der Waals surface area contributed by atoms with Crippen LogP contribution in [0, 0.1) is 6.92 Å². The summed E-state index contributed by atoms with van der Waals surface area (Å²) in [4.78, 5) is 6.56. The molecule has 114 valence electrons. The van der Waals surface area contributed by atoms with Gasteiger partial charge in [-0.25, -0.2) is 0 Å². The summed E-state index contributed by atoms with van der Waals surface area (Å²) in [5.41, 5.74) is 2.30. The lowest BCUT2D eigenvalue weighted by atomic mass is 10.2. The van der Waals surface area contributed by atoms with Crippen LogP contribution in [0.3, 0.4) is 0 Å². The molecule has 21 heavy (non-hydrogen) atoms. The second-order valence-electron chi connectivity index (χ2n) is 5.49. The van der Waals surface area contributed by atoms with E-state index < -0.39 is 0 Å². The Labute approximate surface area is 127 Å². The van der Waals surface area contributed by atoms with Crippen molar-refractivity contribution >= 4 is 0 Å². The number of nitrogens with one attached hydrogen (secondary N) is 1. The number of aryl methyl sites for hydroxylation is 1. The fourth-order valence-electron chi connectivity index (χ4n) is 2.31. The average Bonchev–Trinajstić information content (AvgIpc) is 2.80. The molecule has 2 heterocycles. The summed E-state index contributed by atoms with van der Waals surface area (Å²) >= 11 is 0. The molecule has 0 unspecified atom stereocenters. The minimum absolute atomic E-state index is 0.797. The summed E-state index contributed by atoms with van der Waals surface area (Å²) in [6.07, 6.45) is 2.97. The lowest BCUT2D eigenvalue weighted by Crippen LogP contribution is -2.17. The quantitative estimate of drug-likeness (QED) is 0.757.